The lowest BCUT2D eigenvalue weighted by molar-refractivity contribution is -0.142. The quantitative estimate of drug-likeness (QED) is 0.703. The Hall–Kier alpha value is -1.00. The summed E-state index contributed by atoms with van der Waals surface area (Å²) >= 11 is 0. The number of nitrogens with zero attached hydrogens (tertiary/aromatic N) is 2. The molecule has 1 heterocycles. The van der Waals surface area contributed by atoms with Crippen LogP contribution >= 0.6 is 0 Å². The molecule has 2 nitrogen and oxygen atoms in total. The molecule has 0 aromatic carbocycles. The van der Waals surface area contributed by atoms with Crippen LogP contribution in [0.25, 0.3) is 0 Å². The topological polar surface area (TPSA) is 17.8 Å². The lowest BCUT2D eigenvalue weighted by atomic mass is 10.2. The molecule has 0 amide bonds. The zero-order valence-corrected chi connectivity index (χ0v) is 7.52. The van der Waals surface area contributed by atoms with Gasteiger partial charge in [0.1, 0.15) is 6.54 Å². The van der Waals surface area contributed by atoms with E-state index in [0.717, 1.165) is 10.2 Å². The summed E-state index contributed by atoms with van der Waals surface area (Å²) in [4.78, 5) is 0. The molecule has 13 heavy (non-hydrogen) atoms. The van der Waals surface area contributed by atoms with Gasteiger partial charge in [0, 0.05) is 5.69 Å². The molecule has 0 unspecified atom stereocenters. The van der Waals surface area contributed by atoms with Gasteiger partial charge < -0.3 is 0 Å². The second-order valence-electron chi connectivity index (χ2n) is 2.88. The summed E-state index contributed by atoms with van der Waals surface area (Å²) in [5.41, 5.74) is 1.46. The van der Waals surface area contributed by atoms with E-state index in [-0.39, 0.29) is 0 Å². The molecule has 0 saturated heterocycles. The van der Waals surface area contributed by atoms with Crippen LogP contribution in [0.2, 0.25) is 0 Å². The normalized spacial score (nSPS) is 12.1. The average molecular weight is 192 g/mol. The Morgan fingerprint density at radius 1 is 1.46 bits per heavy atom. The maximum absolute atomic E-state index is 12.0. The Morgan fingerprint density at radius 2 is 2.08 bits per heavy atom. The fraction of sp³-hybridized carbons (Fsp3) is 0.625. The molecule has 0 saturated carbocycles. The largest absolute Gasteiger partial charge is 0.408 e. The van der Waals surface area contributed by atoms with E-state index in [1.165, 1.54) is 6.20 Å². The van der Waals surface area contributed by atoms with E-state index in [1.807, 2.05) is 6.92 Å². The van der Waals surface area contributed by atoms with Crippen molar-refractivity contribution in [3.8, 4) is 0 Å². The highest BCUT2D eigenvalue weighted by Crippen LogP contribution is 2.19. The number of aryl methyl sites for hydroxylation is 1. The highest BCUT2D eigenvalue weighted by molar-refractivity contribution is 5.15. The molecule has 0 aliphatic heterocycles. The van der Waals surface area contributed by atoms with Crippen molar-refractivity contribution >= 4 is 0 Å². The Morgan fingerprint density at radius 3 is 2.46 bits per heavy atom. The first-order valence-electron chi connectivity index (χ1n) is 4.02. The van der Waals surface area contributed by atoms with E-state index < -0.39 is 12.7 Å². The van der Waals surface area contributed by atoms with Gasteiger partial charge in [-0.15, -0.1) is 0 Å². The second-order valence-corrected chi connectivity index (χ2v) is 2.88. The number of hydrogen-bond donors (Lipinski definition) is 0. The molecule has 1 rings (SSSR count). The Kier molecular flexibility index (Phi) is 2.63. The van der Waals surface area contributed by atoms with Crippen LogP contribution in [0.4, 0.5) is 13.2 Å². The third-order valence-corrected chi connectivity index (χ3v) is 1.91. The molecule has 5 heteroatoms. The van der Waals surface area contributed by atoms with Crippen molar-refractivity contribution in [2.24, 2.45) is 0 Å². The molecule has 0 atom stereocenters. The van der Waals surface area contributed by atoms with Crippen LogP contribution in [0.5, 0.6) is 0 Å². The molecule has 0 spiro atoms. The van der Waals surface area contributed by atoms with Gasteiger partial charge in [-0.05, 0) is 18.9 Å². The van der Waals surface area contributed by atoms with Crippen LogP contribution in [0.15, 0.2) is 6.20 Å². The SMILES string of the molecule is CCc1cnn(CC(F)(F)F)c1C. The van der Waals surface area contributed by atoms with Crippen molar-refractivity contribution in [3.05, 3.63) is 17.5 Å². The maximum atomic E-state index is 12.0. The predicted octanol–water partition coefficient (Wildman–Crippen LogP) is 2.32. The molecule has 74 valence electrons. The highest BCUT2D eigenvalue weighted by Gasteiger charge is 2.29. The van der Waals surface area contributed by atoms with Crippen LogP contribution < -0.4 is 0 Å². The fourth-order valence-corrected chi connectivity index (χ4v) is 1.16. The fourth-order valence-electron chi connectivity index (χ4n) is 1.16. The molecule has 0 N–H and O–H groups in total. The van der Waals surface area contributed by atoms with Crippen LogP contribution in [-0.2, 0) is 13.0 Å². The summed E-state index contributed by atoms with van der Waals surface area (Å²) in [5, 5.41) is 3.67. The van der Waals surface area contributed by atoms with Crippen LogP contribution in [0, 0.1) is 6.92 Å². The van der Waals surface area contributed by atoms with Crippen molar-refractivity contribution < 1.29 is 13.2 Å². The minimum atomic E-state index is -4.19. The van der Waals surface area contributed by atoms with Crippen molar-refractivity contribution in [2.45, 2.75) is 33.0 Å². The number of hydrogen-bond acceptors (Lipinski definition) is 1. The molecule has 0 aliphatic carbocycles. The first-order valence-corrected chi connectivity index (χ1v) is 4.02. The Balaban J connectivity index is 2.84. The van der Waals surface area contributed by atoms with E-state index in [2.05, 4.69) is 5.10 Å². The maximum Gasteiger partial charge on any atom is 0.408 e. The molecule has 0 radical (unpaired) electrons. The van der Waals surface area contributed by atoms with Crippen molar-refractivity contribution in [3.63, 3.8) is 0 Å². The summed E-state index contributed by atoms with van der Waals surface area (Å²) < 4.78 is 36.9. The summed E-state index contributed by atoms with van der Waals surface area (Å²) in [7, 11) is 0. The summed E-state index contributed by atoms with van der Waals surface area (Å²) in [6.45, 7) is 2.54. The third-order valence-electron chi connectivity index (χ3n) is 1.91. The van der Waals surface area contributed by atoms with Gasteiger partial charge in [-0.1, -0.05) is 6.92 Å². The Labute approximate surface area is 74.4 Å². The van der Waals surface area contributed by atoms with Crippen LogP contribution in [0.3, 0.4) is 0 Å². The molecule has 0 fully saturated rings. The summed E-state index contributed by atoms with van der Waals surface area (Å²) in [6, 6.07) is 0. The van der Waals surface area contributed by atoms with E-state index in [9.17, 15) is 13.2 Å². The van der Waals surface area contributed by atoms with Gasteiger partial charge in [0.2, 0.25) is 0 Å². The molecule has 1 aromatic rings. The van der Waals surface area contributed by atoms with Crippen molar-refractivity contribution in [1.82, 2.24) is 9.78 Å². The van der Waals surface area contributed by atoms with Crippen molar-refractivity contribution in [2.75, 3.05) is 0 Å². The second kappa shape index (κ2) is 3.40. The minimum absolute atomic E-state index is 0.597. The zero-order valence-electron chi connectivity index (χ0n) is 7.52. The van der Waals surface area contributed by atoms with E-state index in [0.29, 0.717) is 12.1 Å². The summed E-state index contributed by atoms with van der Waals surface area (Å²) in [6.07, 6.45) is -1.99. The smallest absolute Gasteiger partial charge is 0.260 e. The van der Waals surface area contributed by atoms with Gasteiger partial charge in [-0.3, -0.25) is 4.68 Å². The molecular formula is C8H11F3N2. The summed E-state index contributed by atoms with van der Waals surface area (Å²) in [5.74, 6) is 0. The van der Waals surface area contributed by atoms with Gasteiger partial charge in [0.25, 0.3) is 0 Å². The molecule has 1 aromatic heterocycles. The van der Waals surface area contributed by atoms with Gasteiger partial charge >= 0.3 is 6.18 Å². The minimum Gasteiger partial charge on any atom is -0.260 e. The number of halogens is 3. The van der Waals surface area contributed by atoms with Crippen LogP contribution in [-0.4, -0.2) is 16.0 Å². The van der Waals surface area contributed by atoms with Gasteiger partial charge in [0.15, 0.2) is 0 Å². The van der Waals surface area contributed by atoms with Gasteiger partial charge in [-0.2, -0.15) is 18.3 Å². The van der Waals surface area contributed by atoms with Crippen molar-refractivity contribution in [1.29, 1.82) is 0 Å². The number of aromatic nitrogens is 2. The first kappa shape index (κ1) is 10.1. The standard InChI is InChI=1S/C8H11F3N2/c1-3-7-4-12-13(6(7)2)5-8(9,10)11/h4H,3,5H2,1-2H3. The molecule has 0 bridgehead atoms. The first-order chi connectivity index (χ1) is 5.94. The van der Waals surface area contributed by atoms with Gasteiger partial charge in [0.05, 0.1) is 6.20 Å². The highest BCUT2D eigenvalue weighted by atomic mass is 19.4. The number of rotatable bonds is 2. The third kappa shape index (κ3) is 2.47. The van der Waals surface area contributed by atoms with Gasteiger partial charge in [-0.25, -0.2) is 0 Å². The van der Waals surface area contributed by atoms with Crippen LogP contribution in [0.1, 0.15) is 18.2 Å². The lowest BCUT2D eigenvalue weighted by Gasteiger charge is -2.08. The molecular weight excluding hydrogens is 181 g/mol. The predicted molar refractivity (Wildman–Crippen MR) is 42.4 cm³/mol. The number of alkyl halides is 3. The average Bonchev–Trinajstić information content (AvgIpc) is 2.30. The van der Waals surface area contributed by atoms with E-state index >= 15 is 0 Å². The lowest BCUT2D eigenvalue weighted by Crippen LogP contribution is -2.19. The zero-order chi connectivity index (χ0) is 10.1. The van der Waals surface area contributed by atoms with E-state index in [1.54, 1.807) is 6.92 Å². The monoisotopic (exact) mass is 192 g/mol. The Bertz CT molecular complexity index is 288. The van der Waals surface area contributed by atoms with E-state index in [4.69, 9.17) is 0 Å². The molecule has 0 aliphatic rings.